The Labute approximate surface area is 175 Å². The maximum atomic E-state index is 6.05. The van der Waals surface area contributed by atoms with Crippen molar-refractivity contribution in [1.29, 1.82) is 0 Å². The molecule has 0 radical (unpaired) electrons. The van der Waals surface area contributed by atoms with Gasteiger partial charge < -0.3 is 9.32 Å². The Morgan fingerprint density at radius 3 is 2.59 bits per heavy atom. The second kappa shape index (κ2) is 5.50. The van der Waals surface area contributed by atoms with Gasteiger partial charge in [-0.05, 0) is 52.0 Å². The first kappa shape index (κ1) is 15.8. The molecule has 3 aromatic heterocycles. The van der Waals surface area contributed by atoms with Crippen LogP contribution < -0.4 is 4.90 Å². The van der Waals surface area contributed by atoms with E-state index >= 15 is 0 Å². The molecule has 0 atom stereocenters. The number of rotatable bonds is 0. The predicted octanol–water partition coefficient (Wildman–Crippen LogP) is 8.28. The first-order chi connectivity index (χ1) is 14.3. The van der Waals surface area contributed by atoms with E-state index in [4.69, 9.17) is 4.42 Å². The molecule has 0 spiro atoms. The van der Waals surface area contributed by atoms with E-state index < -0.39 is 0 Å². The summed E-state index contributed by atoms with van der Waals surface area (Å²) in [7, 11) is 2.19. The van der Waals surface area contributed by atoms with Crippen LogP contribution in [0.3, 0.4) is 0 Å². The summed E-state index contributed by atoms with van der Waals surface area (Å²) in [6.07, 6.45) is 1.80. The van der Waals surface area contributed by atoms with Gasteiger partial charge in [-0.15, -0.1) is 22.7 Å². The minimum absolute atomic E-state index is 0.966. The van der Waals surface area contributed by atoms with Gasteiger partial charge in [-0.3, -0.25) is 0 Å². The van der Waals surface area contributed by atoms with Crippen molar-refractivity contribution in [3.8, 4) is 22.3 Å². The molecule has 3 aromatic carbocycles. The van der Waals surface area contributed by atoms with Crippen LogP contribution in [0.15, 0.2) is 76.0 Å². The van der Waals surface area contributed by atoms with Crippen LogP contribution in [0.2, 0.25) is 0 Å². The molecule has 138 valence electrons. The minimum atomic E-state index is 0.966. The molecule has 1 aliphatic rings. The normalized spacial score (nSPS) is 12.9. The number of hydrogen-bond donors (Lipinski definition) is 0. The van der Waals surface area contributed by atoms with E-state index in [1.165, 1.54) is 53.8 Å². The largest absolute Gasteiger partial charge is 0.464 e. The SMILES string of the molecule is CN1c2ccc3ccsc3c2-c2ccc3ccoc3c2-c2ccc3sccc3c21. The van der Waals surface area contributed by atoms with Crippen molar-refractivity contribution in [3.05, 3.63) is 71.6 Å². The Morgan fingerprint density at radius 2 is 1.62 bits per heavy atom. The summed E-state index contributed by atoms with van der Waals surface area (Å²) in [5.41, 5.74) is 8.43. The molecule has 4 heterocycles. The number of anilines is 2. The summed E-state index contributed by atoms with van der Waals surface area (Å²) in [4.78, 5) is 2.37. The molecule has 0 saturated carbocycles. The first-order valence-corrected chi connectivity index (χ1v) is 11.3. The summed E-state index contributed by atoms with van der Waals surface area (Å²) < 4.78 is 8.69. The molecule has 1 aliphatic heterocycles. The maximum absolute atomic E-state index is 6.05. The van der Waals surface area contributed by atoms with E-state index in [0.717, 1.165) is 11.0 Å². The van der Waals surface area contributed by atoms with Crippen LogP contribution in [-0.4, -0.2) is 7.05 Å². The molecule has 4 heteroatoms. The van der Waals surface area contributed by atoms with Crippen molar-refractivity contribution in [2.24, 2.45) is 0 Å². The molecule has 0 aliphatic carbocycles. The lowest BCUT2D eigenvalue weighted by Gasteiger charge is -2.23. The number of furan rings is 1. The fourth-order valence-corrected chi connectivity index (χ4v) is 6.53. The average molecular weight is 410 g/mol. The van der Waals surface area contributed by atoms with Crippen LogP contribution in [0.5, 0.6) is 0 Å². The lowest BCUT2D eigenvalue weighted by atomic mass is 9.92. The summed E-state index contributed by atoms with van der Waals surface area (Å²) in [6.45, 7) is 0. The van der Waals surface area contributed by atoms with Crippen molar-refractivity contribution in [3.63, 3.8) is 0 Å². The summed E-state index contributed by atoms with van der Waals surface area (Å²) >= 11 is 3.61. The highest BCUT2D eigenvalue weighted by molar-refractivity contribution is 7.18. The first-order valence-electron chi connectivity index (χ1n) is 9.56. The number of hydrogen-bond acceptors (Lipinski definition) is 4. The molecule has 0 fully saturated rings. The second-order valence-corrected chi connectivity index (χ2v) is 9.34. The topological polar surface area (TPSA) is 16.4 Å². The lowest BCUT2D eigenvalue weighted by molar-refractivity contribution is 0.617. The van der Waals surface area contributed by atoms with Crippen LogP contribution in [0.1, 0.15) is 0 Å². The smallest absolute Gasteiger partial charge is 0.142 e. The standard InChI is InChI=1S/C25H15NOS2/c1-26-19-6-3-15-9-12-29-25(15)22(19)17-4-2-14-8-11-27-24(14)21(17)18-5-7-20-16(23(18)26)10-13-28-20/h2-13H,1H3. The monoisotopic (exact) mass is 409 g/mol. The van der Waals surface area contributed by atoms with E-state index in [1.54, 1.807) is 17.6 Å². The van der Waals surface area contributed by atoms with E-state index in [9.17, 15) is 0 Å². The summed E-state index contributed by atoms with van der Waals surface area (Å²) in [5.74, 6) is 0. The zero-order chi connectivity index (χ0) is 19.1. The molecular formula is C25H15NOS2. The highest BCUT2D eigenvalue weighted by Gasteiger charge is 2.28. The van der Waals surface area contributed by atoms with Crippen LogP contribution in [0, 0.1) is 0 Å². The van der Waals surface area contributed by atoms with Gasteiger partial charge in [0.15, 0.2) is 0 Å². The van der Waals surface area contributed by atoms with Gasteiger partial charge in [0, 0.05) is 43.9 Å². The van der Waals surface area contributed by atoms with Gasteiger partial charge in [0.25, 0.3) is 0 Å². The fraction of sp³-hybridized carbons (Fsp3) is 0.0400. The van der Waals surface area contributed by atoms with Crippen molar-refractivity contribution in [2.75, 3.05) is 11.9 Å². The Balaban J connectivity index is 1.78. The summed E-state index contributed by atoms with van der Waals surface area (Å²) in [6, 6.07) is 20.0. The molecule has 0 N–H and O–H groups in total. The number of nitrogens with zero attached hydrogens (tertiary/aromatic N) is 1. The predicted molar refractivity (Wildman–Crippen MR) is 126 cm³/mol. The van der Waals surface area contributed by atoms with Gasteiger partial charge in [0.2, 0.25) is 0 Å². The molecule has 7 rings (SSSR count). The van der Waals surface area contributed by atoms with Crippen molar-refractivity contribution < 1.29 is 4.42 Å². The second-order valence-electron chi connectivity index (χ2n) is 7.48. The van der Waals surface area contributed by atoms with E-state index in [-0.39, 0.29) is 0 Å². The average Bonchev–Trinajstić information content (AvgIpc) is 3.49. The number of benzene rings is 3. The van der Waals surface area contributed by atoms with Gasteiger partial charge in [0.05, 0.1) is 17.6 Å². The zero-order valence-electron chi connectivity index (χ0n) is 15.6. The van der Waals surface area contributed by atoms with E-state index in [0.29, 0.717) is 0 Å². The third kappa shape index (κ3) is 1.95. The zero-order valence-corrected chi connectivity index (χ0v) is 17.2. The minimum Gasteiger partial charge on any atom is -0.464 e. The highest BCUT2D eigenvalue weighted by atomic mass is 32.1. The van der Waals surface area contributed by atoms with Gasteiger partial charge in [-0.25, -0.2) is 0 Å². The van der Waals surface area contributed by atoms with Crippen LogP contribution in [0.4, 0.5) is 11.4 Å². The molecular weight excluding hydrogens is 394 g/mol. The Bertz CT molecular complexity index is 1580. The number of fused-ring (bicyclic) bond motifs is 11. The Morgan fingerprint density at radius 1 is 0.759 bits per heavy atom. The van der Waals surface area contributed by atoms with Crippen molar-refractivity contribution >= 4 is 65.2 Å². The Kier molecular flexibility index (Phi) is 3.00. The van der Waals surface area contributed by atoms with Gasteiger partial charge in [0.1, 0.15) is 5.58 Å². The molecule has 2 nitrogen and oxygen atoms in total. The van der Waals surface area contributed by atoms with Gasteiger partial charge in [-0.1, -0.05) is 24.3 Å². The third-order valence-corrected chi connectivity index (χ3v) is 7.89. The van der Waals surface area contributed by atoms with Crippen LogP contribution >= 0.6 is 22.7 Å². The lowest BCUT2D eigenvalue weighted by Crippen LogP contribution is -2.10. The molecule has 29 heavy (non-hydrogen) atoms. The molecule has 0 bridgehead atoms. The summed E-state index contributed by atoms with van der Waals surface area (Å²) in [5, 5.41) is 8.10. The quantitative estimate of drug-likeness (QED) is 0.251. The van der Waals surface area contributed by atoms with Gasteiger partial charge in [-0.2, -0.15) is 0 Å². The van der Waals surface area contributed by atoms with E-state index in [2.05, 4.69) is 77.3 Å². The highest BCUT2D eigenvalue weighted by Crippen LogP contribution is 2.54. The molecule has 0 amide bonds. The maximum Gasteiger partial charge on any atom is 0.142 e. The number of thiophene rings is 2. The van der Waals surface area contributed by atoms with Crippen molar-refractivity contribution in [1.82, 2.24) is 0 Å². The molecule has 0 unspecified atom stereocenters. The van der Waals surface area contributed by atoms with Crippen molar-refractivity contribution in [2.45, 2.75) is 0 Å². The van der Waals surface area contributed by atoms with E-state index in [1.807, 2.05) is 11.3 Å². The van der Waals surface area contributed by atoms with Gasteiger partial charge >= 0.3 is 0 Å². The molecule has 6 aromatic rings. The van der Waals surface area contributed by atoms with Crippen LogP contribution in [-0.2, 0) is 0 Å². The van der Waals surface area contributed by atoms with Crippen LogP contribution in [0.25, 0.3) is 53.4 Å². The third-order valence-electron chi connectivity index (χ3n) is 6.06. The Hall–Kier alpha value is -3.08. The molecule has 0 saturated heterocycles. The fourth-order valence-electron chi connectivity index (χ4n) is 4.78.